The highest BCUT2D eigenvalue weighted by atomic mass is 16.4. The van der Waals surface area contributed by atoms with E-state index in [0.29, 0.717) is 5.69 Å². The molecule has 0 amide bonds. The maximum atomic E-state index is 11.1. The van der Waals surface area contributed by atoms with E-state index in [1.54, 1.807) is 0 Å². The molecule has 3 rings (SSSR count). The lowest BCUT2D eigenvalue weighted by molar-refractivity contribution is -0.136. The Hall–Kier alpha value is -1.92. The Balaban J connectivity index is 1.95. The Morgan fingerprint density at radius 3 is 2.73 bits per heavy atom. The summed E-state index contributed by atoms with van der Waals surface area (Å²) in [5.74, 6) is -0.833. The number of aromatic nitrogens is 2. The van der Waals surface area contributed by atoms with Gasteiger partial charge in [-0.2, -0.15) is 0 Å². The molecular weight excluding hydrogens is 280 g/mol. The fourth-order valence-corrected chi connectivity index (χ4v) is 2.97. The fourth-order valence-electron chi connectivity index (χ4n) is 2.97. The molecule has 6 heteroatoms. The van der Waals surface area contributed by atoms with Crippen LogP contribution in [0.2, 0.25) is 0 Å². The molecule has 22 heavy (non-hydrogen) atoms. The number of pyridine rings is 1. The summed E-state index contributed by atoms with van der Waals surface area (Å²) in [7, 11) is 2.13. The highest BCUT2D eigenvalue weighted by Crippen LogP contribution is 2.19. The van der Waals surface area contributed by atoms with Gasteiger partial charge in [0.1, 0.15) is 5.65 Å². The second-order valence-electron chi connectivity index (χ2n) is 6.04. The van der Waals surface area contributed by atoms with Gasteiger partial charge in [-0.25, -0.2) is 4.98 Å². The molecule has 118 valence electrons. The number of aliphatic carboxylic acids is 1. The summed E-state index contributed by atoms with van der Waals surface area (Å²) in [6.07, 6.45) is 1.95. The zero-order valence-electron chi connectivity index (χ0n) is 13.1. The molecular formula is C16H22N4O2. The van der Waals surface area contributed by atoms with Crippen LogP contribution in [-0.2, 0) is 17.8 Å². The molecule has 0 unspecified atom stereocenters. The van der Waals surface area contributed by atoms with E-state index in [2.05, 4.69) is 21.8 Å². The zero-order chi connectivity index (χ0) is 15.7. The molecule has 0 bridgehead atoms. The van der Waals surface area contributed by atoms with Gasteiger partial charge in [-0.05, 0) is 25.6 Å². The van der Waals surface area contributed by atoms with Gasteiger partial charge in [0.2, 0.25) is 0 Å². The van der Waals surface area contributed by atoms with E-state index in [1.165, 1.54) is 0 Å². The Kier molecular flexibility index (Phi) is 4.13. The molecule has 0 atom stereocenters. The van der Waals surface area contributed by atoms with Crippen molar-refractivity contribution < 1.29 is 9.90 Å². The maximum Gasteiger partial charge on any atom is 0.309 e. The van der Waals surface area contributed by atoms with Gasteiger partial charge in [0.25, 0.3) is 0 Å². The van der Waals surface area contributed by atoms with Crippen molar-refractivity contribution in [2.24, 2.45) is 0 Å². The van der Waals surface area contributed by atoms with Gasteiger partial charge in [-0.1, -0.05) is 6.07 Å². The normalized spacial score (nSPS) is 17.2. The van der Waals surface area contributed by atoms with Gasteiger partial charge in [0.15, 0.2) is 0 Å². The molecule has 1 fully saturated rings. The lowest BCUT2D eigenvalue weighted by Gasteiger charge is -2.32. The van der Waals surface area contributed by atoms with E-state index in [-0.39, 0.29) is 6.42 Å². The minimum Gasteiger partial charge on any atom is -0.481 e. The van der Waals surface area contributed by atoms with Crippen LogP contribution in [0.1, 0.15) is 17.0 Å². The van der Waals surface area contributed by atoms with E-state index in [9.17, 15) is 4.79 Å². The highest BCUT2D eigenvalue weighted by molar-refractivity contribution is 5.70. The first-order chi connectivity index (χ1) is 10.5. The Morgan fingerprint density at radius 1 is 1.32 bits per heavy atom. The molecule has 6 nitrogen and oxygen atoms in total. The van der Waals surface area contributed by atoms with Crippen LogP contribution in [0.15, 0.2) is 18.3 Å². The number of likely N-dealkylation sites (N-methyl/N-ethyl adjacent to an activating group) is 1. The van der Waals surface area contributed by atoms with Crippen LogP contribution in [0, 0.1) is 6.92 Å². The van der Waals surface area contributed by atoms with Crippen LogP contribution in [-0.4, -0.2) is 63.5 Å². The van der Waals surface area contributed by atoms with Crippen LogP contribution in [0.5, 0.6) is 0 Å². The van der Waals surface area contributed by atoms with Gasteiger partial charge >= 0.3 is 5.97 Å². The van der Waals surface area contributed by atoms with Gasteiger partial charge in [0, 0.05) is 38.9 Å². The average Bonchev–Trinajstić information content (AvgIpc) is 2.80. The number of imidazole rings is 1. The van der Waals surface area contributed by atoms with Crippen molar-refractivity contribution in [2.75, 3.05) is 33.2 Å². The minimum absolute atomic E-state index is 0.0236. The summed E-state index contributed by atoms with van der Waals surface area (Å²) >= 11 is 0. The molecule has 2 aromatic rings. The molecule has 1 N–H and O–H groups in total. The van der Waals surface area contributed by atoms with Gasteiger partial charge in [-0.15, -0.1) is 0 Å². The average molecular weight is 302 g/mol. The fraction of sp³-hybridized carbons (Fsp3) is 0.500. The van der Waals surface area contributed by atoms with Crippen molar-refractivity contribution in [3.05, 3.63) is 35.3 Å². The lowest BCUT2D eigenvalue weighted by Crippen LogP contribution is -2.44. The van der Waals surface area contributed by atoms with Gasteiger partial charge in [-0.3, -0.25) is 9.69 Å². The van der Waals surface area contributed by atoms with Crippen molar-refractivity contribution >= 4 is 11.6 Å². The molecule has 0 radical (unpaired) electrons. The Morgan fingerprint density at radius 2 is 2.05 bits per heavy atom. The summed E-state index contributed by atoms with van der Waals surface area (Å²) in [6, 6.07) is 3.99. The van der Waals surface area contributed by atoms with Crippen molar-refractivity contribution in [1.29, 1.82) is 0 Å². The van der Waals surface area contributed by atoms with Crippen LogP contribution in [0.3, 0.4) is 0 Å². The van der Waals surface area contributed by atoms with Crippen LogP contribution < -0.4 is 0 Å². The maximum absolute atomic E-state index is 11.1. The first-order valence-corrected chi connectivity index (χ1v) is 7.62. The predicted molar refractivity (Wildman–Crippen MR) is 84.0 cm³/mol. The topological polar surface area (TPSA) is 61.1 Å². The quantitative estimate of drug-likeness (QED) is 0.913. The number of rotatable bonds is 4. The number of hydrogen-bond acceptors (Lipinski definition) is 4. The van der Waals surface area contributed by atoms with Crippen molar-refractivity contribution in [1.82, 2.24) is 19.2 Å². The minimum atomic E-state index is -0.833. The number of carbonyl (C=O) groups is 1. The number of nitrogens with zero attached hydrogens (tertiary/aromatic N) is 4. The Labute approximate surface area is 130 Å². The van der Waals surface area contributed by atoms with E-state index in [4.69, 9.17) is 5.11 Å². The molecule has 0 aromatic carbocycles. The highest BCUT2D eigenvalue weighted by Gasteiger charge is 2.20. The smallest absolute Gasteiger partial charge is 0.309 e. The first kappa shape index (κ1) is 15.0. The number of fused-ring (bicyclic) bond motifs is 1. The molecule has 0 saturated carbocycles. The first-order valence-electron chi connectivity index (χ1n) is 7.62. The summed E-state index contributed by atoms with van der Waals surface area (Å²) < 4.78 is 2.05. The van der Waals surface area contributed by atoms with E-state index >= 15 is 0 Å². The second kappa shape index (κ2) is 6.06. The molecule has 0 spiro atoms. The second-order valence-corrected chi connectivity index (χ2v) is 6.04. The lowest BCUT2D eigenvalue weighted by atomic mass is 10.2. The Bertz CT molecular complexity index is 687. The van der Waals surface area contributed by atoms with Crippen molar-refractivity contribution in [3.63, 3.8) is 0 Å². The van der Waals surface area contributed by atoms with E-state index < -0.39 is 5.97 Å². The van der Waals surface area contributed by atoms with Gasteiger partial charge in [0.05, 0.1) is 17.8 Å². The zero-order valence-corrected chi connectivity index (χ0v) is 13.1. The summed E-state index contributed by atoms with van der Waals surface area (Å²) in [5.41, 5.74) is 3.62. The number of aryl methyl sites for hydroxylation is 1. The molecule has 1 saturated heterocycles. The number of carboxylic acid groups (broad SMARTS) is 1. The van der Waals surface area contributed by atoms with Crippen molar-refractivity contribution in [3.8, 4) is 0 Å². The number of carboxylic acids is 1. The summed E-state index contributed by atoms with van der Waals surface area (Å²) in [4.78, 5) is 20.4. The van der Waals surface area contributed by atoms with Gasteiger partial charge < -0.3 is 14.4 Å². The SMILES string of the molecule is Cc1cccn2c(CN3CCN(C)CC3)c(CC(=O)O)nc12. The summed E-state index contributed by atoms with van der Waals surface area (Å²) in [6.45, 7) is 6.85. The largest absolute Gasteiger partial charge is 0.481 e. The monoisotopic (exact) mass is 302 g/mol. The molecule has 0 aliphatic carbocycles. The van der Waals surface area contributed by atoms with Crippen LogP contribution in [0.4, 0.5) is 0 Å². The molecule has 1 aliphatic heterocycles. The predicted octanol–water partition coefficient (Wildman–Crippen LogP) is 1.02. The summed E-state index contributed by atoms with van der Waals surface area (Å²) in [5, 5.41) is 9.16. The van der Waals surface area contributed by atoms with Crippen molar-refractivity contribution in [2.45, 2.75) is 19.9 Å². The molecule has 1 aliphatic rings. The third kappa shape index (κ3) is 2.98. The standard InChI is InChI=1S/C16H22N4O2/c1-12-4-3-5-20-14(11-19-8-6-18(2)7-9-19)13(10-15(21)22)17-16(12)20/h3-5H,6-11H2,1-2H3,(H,21,22). The molecule has 2 aromatic heterocycles. The van der Waals surface area contributed by atoms with Crippen LogP contribution >= 0.6 is 0 Å². The van der Waals surface area contributed by atoms with E-state index in [1.807, 2.05) is 29.7 Å². The third-order valence-corrected chi connectivity index (χ3v) is 4.31. The number of piperazine rings is 1. The van der Waals surface area contributed by atoms with E-state index in [0.717, 1.165) is 49.6 Å². The third-order valence-electron chi connectivity index (χ3n) is 4.31. The number of hydrogen-bond donors (Lipinski definition) is 1. The van der Waals surface area contributed by atoms with Crippen LogP contribution in [0.25, 0.3) is 5.65 Å². The molecule has 3 heterocycles.